The van der Waals surface area contributed by atoms with Crippen LogP contribution >= 0.6 is 32.2 Å². The van der Waals surface area contributed by atoms with Gasteiger partial charge in [-0.1, -0.05) is 54.1 Å². The smallest absolute Gasteiger partial charge is 0.0633 e. The van der Waals surface area contributed by atoms with Crippen LogP contribution in [0.2, 0.25) is 5.02 Å². The van der Waals surface area contributed by atoms with E-state index in [-0.39, 0.29) is 0 Å². The summed E-state index contributed by atoms with van der Waals surface area (Å²) in [4.78, 5) is 2.34. The van der Waals surface area contributed by atoms with Crippen LogP contribution in [-0.2, 0) is 6.54 Å². The van der Waals surface area contributed by atoms with E-state index >= 15 is 0 Å². The molecule has 0 aliphatic rings. The summed E-state index contributed by atoms with van der Waals surface area (Å²) < 4.78 is 0. The van der Waals surface area contributed by atoms with Gasteiger partial charge < -0.3 is 16.0 Å². The fraction of sp³-hybridized carbons (Fsp3) is 0.167. The van der Waals surface area contributed by atoms with Crippen molar-refractivity contribution in [2.45, 2.75) is 20.4 Å². The van der Waals surface area contributed by atoms with E-state index in [0.29, 0.717) is 17.3 Å². The van der Waals surface area contributed by atoms with Crippen LogP contribution in [0.3, 0.4) is 0 Å². The van der Waals surface area contributed by atoms with Gasteiger partial charge >= 0.3 is 0 Å². The van der Waals surface area contributed by atoms with Crippen molar-refractivity contribution in [3.8, 4) is 0 Å². The number of fused-ring (bicyclic) bond motifs is 1. The number of hydrogen-bond donors (Lipinski definition) is 3. The molecule has 0 bridgehead atoms. The highest BCUT2D eigenvalue weighted by atomic mass is 35.5. The van der Waals surface area contributed by atoms with Crippen LogP contribution in [0.25, 0.3) is 22.2 Å². The monoisotopic (exact) mass is 531 g/mol. The van der Waals surface area contributed by atoms with Crippen LogP contribution in [0.4, 0.5) is 0 Å². The highest BCUT2D eigenvalue weighted by Crippen LogP contribution is 2.25. The van der Waals surface area contributed by atoms with Crippen LogP contribution in [0, 0.1) is 19.3 Å². The maximum Gasteiger partial charge on any atom is 0.0633 e. The molecule has 0 aliphatic heterocycles. The standard InChI is InChI=1S/C30H31ClN3PS/c1-19-4-5-23-15-24(7-6-22(23)12-19)29(17-28(32)25-13-20(2)14-26(31)16-25)34-18-27-8-9-30(36-27)21(3)33-10-11-35/h4-9,12-17,32-34H,3,10-11,18,35H2,1-2H3/b29-17-,32-28?. The number of thiophene rings is 1. The number of benzene rings is 3. The van der Waals surface area contributed by atoms with Crippen LogP contribution in [0.1, 0.15) is 32.0 Å². The summed E-state index contributed by atoms with van der Waals surface area (Å²) in [7, 11) is 2.72. The number of nitrogens with one attached hydrogen (secondary N) is 3. The minimum Gasteiger partial charge on any atom is -0.384 e. The molecule has 184 valence electrons. The maximum atomic E-state index is 8.81. The van der Waals surface area contributed by atoms with E-state index in [1.165, 1.54) is 21.2 Å². The Kier molecular flexibility index (Phi) is 8.64. The minimum atomic E-state index is 0.411. The lowest BCUT2D eigenvalue weighted by Gasteiger charge is -2.13. The second kappa shape index (κ2) is 11.9. The van der Waals surface area contributed by atoms with Gasteiger partial charge in [0.15, 0.2) is 0 Å². The van der Waals surface area contributed by atoms with E-state index in [2.05, 4.69) is 81.9 Å². The predicted octanol–water partition coefficient (Wildman–Crippen LogP) is 7.81. The lowest BCUT2D eigenvalue weighted by molar-refractivity contribution is 0.908. The molecule has 0 aliphatic carbocycles. The molecule has 0 saturated heterocycles. The van der Waals surface area contributed by atoms with Crippen LogP contribution < -0.4 is 10.6 Å². The lowest BCUT2D eigenvalue weighted by Crippen LogP contribution is -2.13. The summed E-state index contributed by atoms with van der Waals surface area (Å²) in [6.45, 7) is 9.80. The van der Waals surface area contributed by atoms with Gasteiger partial charge in [0.05, 0.1) is 5.71 Å². The zero-order valence-electron chi connectivity index (χ0n) is 20.6. The molecule has 3 N–H and O–H groups in total. The topological polar surface area (TPSA) is 47.9 Å². The van der Waals surface area contributed by atoms with E-state index in [1.807, 2.05) is 31.2 Å². The molecular weight excluding hydrogens is 501 g/mol. The van der Waals surface area contributed by atoms with Crippen LogP contribution in [0.15, 0.2) is 79.4 Å². The third-order valence-electron chi connectivity index (χ3n) is 5.84. The van der Waals surface area contributed by atoms with E-state index in [0.717, 1.165) is 45.7 Å². The van der Waals surface area contributed by atoms with Gasteiger partial charge in [0, 0.05) is 44.8 Å². The summed E-state index contributed by atoms with van der Waals surface area (Å²) in [6, 6.07) is 22.9. The molecule has 0 radical (unpaired) electrons. The second-order valence-corrected chi connectivity index (χ2v) is 11.0. The molecule has 0 fully saturated rings. The molecule has 0 amide bonds. The van der Waals surface area contributed by atoms with Gasteiger partial charge in [-0.2, -0.15) is 0 Å². The van der Waals surface area contributed by atoms with Crippen molar-refractivity contribution in [3.63, 3.8) is 0 Å². The SMILES string of the molecule is C=C(NCCP)c1ccc(CN/C(=C\C(=N)c2cc(C)cc(Cl)c2)c2ccc3cc(C)ccc3c2)s1. The first-order valence-electron chi connectivity index (χ1n) is 11.9. The van der Waals surface area contributed by atoms with Crippen LogP contribution in [-0.4, -0.2) is 18.4 Å². The van der Waals surface area contributed by atoms with Crippen molar-refractivity contribution in [2.75, 3.05) is 12.7 Å². The minimum absolute atomic E-state index is 0.411. The van der Waals surface area contributed by atoms with E-state index < -0.39 is 0 Å². The molecule has 1 atom stereocenters. The molecule has 0 spiro atoms. The van der Waals surface area contributed by atoms with Gasteiger partial charge in [-0.05, 0) is 84.4 Å². The number of allylic oxidation sites excluding steroid dienone is 1. The van der Waals surface area contributed by atoms with Gasteiger partial charge in [-0.3, -0.25) is 0 Å². The molecule has 6 heteroatoms. The molecule has 0 saturated carbocycles. The second-order valence-electron chi connectivity index (χ2n) is 8.87. The van der Waals surface area contributed by atoms with Gasteiger partial charge in [0.2, 0.25) is 0 Å². The fourth-order valence-electron chi connectivity index (χ4n) is 4.02. The first-order chi connectivity index (χ1) is 17.3. The van der Waals surface area contributed by atoms with E-state index in [1.54, 1.807) is 11.3 Å². The number of halogens is 1. The third-order valence-corrected chi connectivity index (χ3v) is 7.50. The molecule has 1 aromatic heterocycles. The van der Waals surface area contributed by atoms with Crippen molar-refractivity contribution in [3.05, 3.63) is 116 Å². The summed E-state index contributed by atoms with van der Waals surface area (Å²) in [5.74, 6) is 0. The largest absolute Gasteiger partial charge is 0.384 e. The summed E-state index contributed by atoms with van der Waals surface area (Å²) in [6.07, 6.45) is 2.88. The molecular formula is C30H31ClN3PS. The quantitative estimate of drug-likeness (QED) is 0.144. The van der Waals surface area contributed by atoms with Crippen molar-refractivity contribution in [2.24, 2.45) is 0 Å². The first kappa shape index (κ1) is 26.2. The lowest BCUT2D eigenvalue weighted by atomic mass is 10.0. The predicted molar refractivity (Wildman–Crippen MR) is 162 cm³/mol. The maximum absolute atomic E-state index is 8.81. The molecule has 1 heterocycles. The molecule has 4 rings (SSSR count). The Hall–Kier alpha value is -2.91. The highest BCUT2D eigenvalue weighted by Gasteiger charge is 2.10. The molecule has 3 aromatic carbocycles. The Morgan fingerprint density at radius 2 is 1.72 bits per heavy atom. The Labute approximate surface area is 225 Å². The van der Waals surface area contributed by atoms with Gasteiger partial charge in [0.25, 0.3) is 0 Å². The zero-order chi connectivity index (χ0) is 25.7. The molecule has 4 aromatic rings. The summed E-state index contributed by atoms with van der Waals surface area (Å²) in [5, 5.41) is 18.8. The Morgan fingerprint density at radius 1 is 0.944 bits per heavy atom. The Bertz CT molecular complexity index is 1430. The average Bonchev–Trinajstić information content (AvgIpc) is 3.33. The Balaban J connectivity index is 1.63. The van der Waals surface area contributed by atoms with Gasteiger partial charge in [0.1, 0.15) is 0 Å². The van der Waals surface area contributed by atoms with Crippen molar-refractivity contribution in [1.82, 2.24) is 10.6 Å². The fourth-order valence-corrected chi connectivity index (χ4v) is 5.34. The molecule has 36 heavy (non-hydrogen) atoms. The van der Waals surface area contributed by atoms with E-state index in [9.17, 15) is 0 Å². The van der Waals surface area contributed by atoms with E-state index in [4.69, 9.17) is 17.0 Å². The number of aryl methyl sites for hydroxylation is 2. The van der Waals surface area contributed by atoms with Crippen molar-refractivity contribution < 1.29 is 0 Å². The Morgan fingerprint density at radius 3 is 2.50 bits per heavy atom. The average molecular weight is 532 g/mol. The van der Waals surface area contributed by atoms with Crippen LogP contribution in [0.5, 0.6) is 0 Å². The van der Waals surface area contributed by atoms with Gasteiger partial charge in [-0.25, -0.2) is 0 Å². The number of rotatable bonds is 10. The number of hydrogen-bond acceptors (Lipinski definition) is 4. The van der Waals surface area contributed by atoms with Crippen molar-refractivity contribution in [1.29, 1.82) is 5.41 Å². The summed E-state index contributed by atoms with van der Waals surface area (Å²) >= 11 is 8.00. The molecule has 1 unspecified atom stereocenters. The highest BCUT2D eigenvalue weighted by molar-refractivity contribution is 7.16. The van der Waals surface area contributed by atoms with Gasteiger partial charge in [-0.15, -0.1) is 20.6 Å². The zero-order valence-corrected chi connectivity index (χ0v) is 23.3. The molecule has 3 nitrogen and oxygen atoms in total. The first-order valence-corrected chi connectivity index (χ1v) is 13.9. The third kappa shape index (κ3) is 6.64. The van der Waals surface area contributed by atoms with Crippen molar-refractivity contribution >= 4 is 60.1 Å². The normalized spacial score (nSPS) is 11.5. The summed E-state index contributed by atoms with van der Waals surface area (Å²) in [5.41, 5.74) is 6.37.